The second kappa shape index (κ2) is 11.5. The van der Waals surface area contributed by atoms with Crippen molar-refractivity contribution < 1.29 is 18.0 Å². The summed E-state index contributed by atoms with van der Waals surface area (Å²) in [6, 6.07) is 3.85. The molecule has 2 aromatic rings. The molecule has 7 nitrogen and oxygen atoms in total. The number of aromatic nitrogens is 2. The third-order valence-electron chi connectivity index (χ3n) is 6.03. The number of benzene rings is 1. The molecule has 0 spiro atoms. The van der Waals surface area contributed by atoms with E-state index in [0.717, 1.165) is 55.4 Å². The number of rotatable bonds is 5. The van der Waals surface area contributed by atoms with Crippen molar-refractivity contribution in [2.24, 2.45) is 5.92 Å². The molecule has 1 saturated carbocycles. The number of alkyl halides is 3. The molecule has 4 rings (SSSR count). The van der Waals surface area contributed by atoms with E-state index in [1.807, 2.05) is 26.0 Å². The van der Waals surface area contributed by atoms with E-state index in [1.165, 1.54) is 6.07 Å². The van der Waals surface area contributed by atoms with Crippen LogP contribution in [0.5, 0.6) is 0 Å². The predicted molar refractivity (Wildman–Crippen MR) is 131 cm³/mol. The molecule has 2 heterocycles. The zero-order valence-electron chi connectivity index (χ0n) is 20.2. The van der Waals surface area contributed by atoms with Gasteiger partial charge in [-0.1, -0.05) is 0 Å². The van der Waals surface area contributed by atoms with Gasteiger partial charge in [0.1, 0.15) is 12.1 Å². The van der Waals surface area contributed by atoms with E-state index in [4.69, 9.17) is 17.3 Å². The van der Waals surface area contributed by atoms with Crippen molar-refractivity contribution in [2.75, 3.05) is 32.2 Å². The molecule has 192 valence electrons. The summed E-state index contributed by atoms with van der Waals surface area (Å²) in [6.45, 7) is 1.40. The highest BCUT2D eigenvalue weighted by Gasteiger charge is 2.33. The van der Waals surface area contributed by atoms with Crippen LogP contribution in [0.1, 0.15) is 48.1 Å². The molecule has 11 heteroatoms. The highest BCUT2D eigenvalue weighted by atomic mass is 35.5. The van der Waals surface area contributed by atoms with Crippen LogP contribution in [-0.4, -0.2) is 53.2 Å². The number of hydrogen-bond donors (Lipinski definition) is 2. The highest BCUT2D eigenvalue weighted by Crippen LogP contribution is 2.35. The standard InChI is InChI=1S/C21H23ClF3N5O.C3H9N/c22-20-28-18-10-30(16-3-1-12(11-31)2-4-16)9-17(18)19(29-20)27-8-13-5-14(21(23,24)25)7-15(26)6-13;1-4(2)3/h5-7,11-12,16H,1-4,8-10,26H2,(H,27,28,29);1-3H3. The van der Waals surface area contributed by atoms with Crippen LogP contribution < -0.4 is 11.1 Å². The first-order valence-corrected chi connectivity index (χ1v) is 11.9. The SMILES string of the molecule is CN(C)C.Nc1cc(CNc2nc(Cl)nc3c2CN(C2CCC(C=O)CC2)C3)cc(C(F)(F)F)c1. The Balaban J connectivity index is 0.000000795. The normalized spacial score (nSPS) is 20.2. The van der Waals surface area contributed by atoms with E-state index in [1.54, 1.807) is 0 Å². The topological polar surface area (TPSA) is 87.4 Å². The monoisotopic (exact) mass is 512 g/mol. The maximum atomic E-state index is 13.1. The maximum Gasteiger partial charge on any atom is 0.416 e. The summed E-state index contributed by atoms with van der Waals surface area (Å²) in [5.74, 6) is 0.669. The van der Waals surface area contributed by atoms with Crippen molar-refractivity contribution in [1.29, 1.82) is 0 Å². The largest absolute Gasteiger partial charge is 0.416 e. The molecule has 1 aliphatic heterocycles. The van der Waals surface area contributed by atoms with Gasteiger partial charge in [0.15, 0.2) is 0 Å². The van der Waals surface area contributed by atoms with E-state index in [0.29, 0.717) is 30.5 Å². The van der Waals surface area contributed by atoms with Crippen LogP contribution >= 0.6 is 11.6 Å². The number of fused-ring (bicyclic) bond motifs is 1. The number of carbonyl (C=O) groups excluding carboxylic acids is 1. The molecule has 0 bridgehead atoms. The van der Waals surface area contributed by atoms with Crippen LogP contribution in [0, 0.1) is 5.92 Å². The van der Waals surface area contributed by atoms with Crippen LogP contribution in [0.3, 0.4) is 0 Å². The van der Waals surface area contributed by atoms with Crippen molar-refractivity contribution in [1.82, 2.24) is 19.8 Å². The number of halogens is 4. The Morgan fingerprint density at radius 1 is 1.14 bits per heavy atom. The number of carbonyl (C=O) groups is 1. The Hall–Kier alpha value is -2.43. The average Bonchev–Trinajstić information content (AvgIpc) is 3.20. The smallest absolute Gasteiger partial charge is 0.399 e. The second-order valence-electron chi connectivity index (χ2n) is 9.53. The lowest BCUT2D eigenvalue weighted by Crippen LogP contribution is -2.34. The summed E-state index contributed by atoms with van der Waals surface area (Å²) in [4.78, 5) is 23.9. The molecule has 0 atom stereocenters. The molecule has 2 aliphatic rings. The Morgan fingerprint density at radius 2 is 1.80 bits per heavy atom. The summed E-state index contributed by atoms with van der Waals surface area (Å²) < 4.78 is 39.2. The lowest BCUT2D eigenvalue weighted by molar-refractivity contribution is -0.137. The molecular weight excluding hydrogens is 481 g/mol. The highest BCUT2D eigenvalue weighted by molar-refractivity contribution is 6.28. The van der Waals surface area contributed by atoms with E-state index < -0.39 is 11.7 Å². The fourth-order valence-corrected chi connectivity index (χ4v) is 4.61. The fourth-order valence-electron chi connectivity index (χ4n) is 4.43. The Bertz CT molecular complexity index is 1020. The van der Waals surface area contributed by atoms with Gasteiger partial charge in [0, 0.05) is 42.8 Å². The first kappa shape index (κ1) is 27.2. The van der Waals surface area contributed by atoms with E-state index in [9.17, 15) is 18.0 Å². The van der Waals surface area contributed by atoms with Crippen LogP contribution in [-0.2, 0) is 30.6 Å². The zero-order valence-corrected chi connectivity index (χ0v) is 21.0. The molecule has 1 aromatic carbocycles. The molecule has 3 N–H and O–H groups in total. The van der Waals surface area contributed by atoms with Crippen molar-refractivity contribution in [3.8, 4) is 0 Å². The van der Waals surface area contributed by atoms with Gasteiger partial charge in [-0.2, -0.15) is 13.2 Å². The number of hydrogen-bond acceptors (Lipinski definition) is 7. The van der Waals surface area contributed by atoms with Crippen LogP contribution in [0.15, 0.2) is 18.2 Å². The Kier molecular flexibility index (Phi) is 8.95. The van der Waals surface area contributed by atoms with Gasteiger partial charge in [-0.05, 0) is 82.2 Å². The van der Waals surface area contributed by atoms with Crippen molar-refractivity contribution in [3.05, 3.63) is 45.9 Å². The third-order valence-corrected chi connectivity index (χ3v) is 6.20. The van der Waals surface area contributed by atoms with Crippen molar-refractivity contribution in [2.45, 2.75) is 57.5 Å². The molecular formula is C24H32ClF3N6O. The summed E-state index contributed by atoms with van der Waals surface area (Å²) in [7, 11) is 6.00. The number of nitrogen functional groups attached to an aromatic ring is 1. The summed E-state index contributed by atoms with van der Waals surface area (Å²) in [6.07, 6.45) is 0.246. The van der Waals surface area contributed by atoms with Gasteiger partial charge < -0.3 is 20.7 Å². The zero-order chi connectivity index (χ0) is 25.8. The fraction of sp³-hybridized carbons (Fsp3) is 0.542. The predicted octanol–water partition coefficient (Wildman–Crippen LogP) is 4.59. The molecule has 1 aliphatic carbocycles. The lowest BCUT2D eigenvalue weighted by atomic mass is 9.86. The summed E-state index contributed by atoms with van der Waals surface area (Å²) in [5.41, 5.74) is 7.05. The Labute approximate surface area is 208 Å². The minimum absolute atomic E-state index is 0.0506. The molecule has 0 unspecified atom stereocenters. The number of nitrogens with two attached hydrogens (primary N) is 1. The second-order valence-corrected chi connectivity index (χ2v) is 9.87. The van der Waals surface area contributed by atoms with Gasteiger partial charge >= 0.3 is 6.18 Å². The molecule has 0 radical (unpaired) electrons. The van der Waals surface area contributed by atoms with Gasteiger partial charge in [-0.15, -0.1) is 0 Å². The van der Waals surface area contributed by atoms with Crippen LogP contribution in [0.4, 0.5) is 24.7 Å². The molecule has 0 amide bonds. The minimum atomic E-state index is -4.47. The van der Waals surface area contributed by atoms with Gasteiger partial charge in [-0.3, -0.25) is 4.90 Å². The molecule has 0 saturated heterocycles. The number of nitrogens with zero attached hydrogens (tertiary/aromatic N) is 4. The molecule has 35 heavy (non-hydrogen) atoms. The van der Waals surface area contributed by atoms with Crippen LogP contribution in [0.25, 0.3) is 0 Å². The molecule has 1 aromatic heterocycles. The van der Waals surface area contributed by atoms with Gasteiger partial charge in [0.05, 0.1) is 11.3 Å². The number of nitrogens with one attached hydrogen (secondary N) is 1. The summed E-state index contributed by atoms with van der Waals surface area (Å²) >= 11 is 6.10. The van der Waals surface area contributed by atoms with Gasteiger partial charge in [-0.25, -0.2) is 9.97 Å². The van der Waals surface area contributed by atoms with Crippen molar-refractivity contribution >= 4 is 29.4 Å². The van der Waals surface area contributed by atoms with Crippen molar-refractivity contribution in [3.63, 3.8) is 0 Å². The average molecular weight is 513 g/mol. The summed E-state index contributed by atoms with van der Waals surface area (Å²) in [5, 5.41) is 3.21. The maximum absolute atomic E-state index is 13.1. The first-order valence-electron chi connectivity index (χ1n) is 11.5. The third kappa shape index (κ3) is 7.52. The van der Waals surface area contributed by atoms with Gasteiger partial charge in [0.25, 0.3) is 0 Å². The van der Waals surface area contributed by atoms with Crippen LogP contribution in [0.2, 0.25) is 5.28 Å². The Morgan fingerprint density at radius 3 is 2.40 bits per heavy atom. The number of anilines is 2. The number of aldehydes is 1. The first-order chi connectivity index (χ1) is 16.5. The van der Waals surface area contributed by atoms with E-state index in [2.05, 4.69) is 20.2 Å². The minimum Gasteiger partial charge on any atom is -0.399 e. The lowest BCUT2D eigenvalue weighted by Gasteiger charge is -2.32. The quantitative estimate of drug-likeness (QED) is 0.344. The van der Waals surface area contributed by atoms with E-state index >= 15 is 0 Å². The van der Waals surface area contributed by atoms with Gasteiger partial charge in [0.2, 0.25) is 5.28 Å². The van der Waals surface area contributed by atoms with E-state index in [-0.39, 0.29) is 23.4 Å². The molecule has 1 fully saturated rings.